The van der Waals surface area contributed by atoms with Gasteiger partial charge in [0.25, 0.3) is 0 Å². The lowest BCUT2D eigenvalue weighted by Crippen LogP contribution is -2.41. The fraction of sp³-hybridized carbons (Fsp3) is 0.440. The van der Waals surface area contributed by atoms with Crippen LogP contribution in [-0.4, -0.2) is 63.9 Å². The molecule has 0 unspecified atom stereocenters. The molecule has 0 radical (unpaired) electrons. The van der Waals surface area contributed by atoms with Gasteiger partial charge in [0.05, 0.1) is 36.6 Å². The third-order valence-corrected chi connectivity index (χ3v) is 7.02. The zero-order chi connectivity index (χ0) is 24.2. The number of nitrogens with zero attached hydrogens (tertiary/aromatic N) is 4. The molecule has 34 heavy (non-hydrogen) atoms. The summed E-state index contributed by atoms with van der Waals surface area (Å²) in [6.45, 7) is 7.25. The number of methoxy groups -OCH3 is 1. The second-order valence-electron chi connectivity index (χ2n) is 8.33. The molecular weight excluding hydrogens is 452 g/mol. The highest BCUT2D eigenvalue weighted by Gasteiger charge is 2.28. The number of carbonyl (C=O) groups excluding carboxylic acids is 2. The summed E-state index contributed by atoms with van der Waals surface area (Å²) in [6, 6.07) is 9.79. The number of hydrogen-bond acceptors (Lipinski definition) is 7. The van der Waals surface area contributed by atoms with Crippen LogP contribution in [0.2, 0.25) is 0 Å². The highest BCUT2D eigenvalue weighted by Crippen LogP contribution is 2.36. The summed E-state index contributed by atoms with van der Waals surface area (Å²) in [6.07, 6.45) is 1.29. The third-order valence-electron chi connectivity index (χ3n) is 6.05. The minimum Gasteiger partial charge on any atom is -0.496 e. The Labute approximate surface area is 203 Å². The molecule has 2 aromatic heterocycles. The number of likely N-dealkylation sites (tertiary alicyclic amines) is 1. The SMILES string of the molecule is CCOC(=O)C1CCN(C(=O)CSc2cc(C)nc3c(-c4ccccc4OC)c(C)nn23)CC1. The fourth-order valence-electron chi connectivity index (χ4n) is 4.33. The first-order chi connectivity index (χ1) is 16.4. The van der Waals surface area contributed by atoms with Crippen molar-refractivity contribution in [3.8, 4) is 16.9 Å². The number of fused-ring (bicyclic) bond motifs is 1. The molecule has 1 aliphatic rings. The molecule has 0 atom stereocenters. The summed E-state index contributed by atoms with van der Waals surface area (Å²) >= 11 is 1.45. The van der Waals surface area contributed by atoms with Gasteiger partial charge in [0.15, 0.2) is 5.65 Å². The summed E-state index contributed by atoms with van der Waals surface area (Å²) in [5, 5.41) is 5.61. The maximum absolute atomic E-state index is 12.9. The van der Waals surface area contributed by atoms with Crippen molar-refractivity contribution in [2.24, 2.45) is 5.92 Å². The van der Waals surface area contributed by atoms with E-state index in [0.717, 1.165) is 38.9 Å². The number of aromatic nitrogens is 3. The van der Waals surface area contributed by atoms with Crippen LogP contribution in [0.15, 0.2) is 35.4 Å². The molecule has 0 aliphatic carbocycles. The number of hydrogen-bond donors (Lipinski definition) is 0. The number of amides is 1. The van der Waals surface area contributed by atoms with E-state index in [-0.39, 0.29) is 17.8 Å². The summed E-state index contributed by atoms with van der Waals surface area (Å²) in [5.41, 5.74) is 4.31. The molecule has 3 aromatic rings. The Morgan fingerprint density at radius 2 is 1.91 bits per heavy atom. The van der Waals surface area contributed by atoms with Crippen molar-refractivity contribution < 1.29 is 19.1 Å². The highest BCUT2D eigenvalue weighted by atomic mass is 32.2. The number of rotatable bonds is 7. The molecule has 1 aromatic carbocycles. The monoisotopic (exact) mass is 482 g/mol. The molecular formula is C25H30N4O4S. The van der Waals surface area contributed by atoms with E-state index in [1.807, 2.05) is 60.5 Å². The van der Waals surface area contributed by atoms with Gasteiger partial charge in [-0.25, -0.2) is 9.50 Å². The smallest absolute Gasteiger partial charge is 0.309 e. The van der Waals surface area contributed by atoms with Crippen molar-refractivity contribution in [1.29, 1.82) is 0 Å². The molecule has 180 valence electrons. The lowest BCUT2D eigenvalue weighted by atomic mass is 9.97. The first-order valence-electron chi connectivity index (χ1n) is 11.5. The van der Waals surface area contributed by atoms with Crippen LogP contribution >= 0.6 is 11.8 Å². The van der Waals surface area contributed by atoms with Crippen LogP contribution in [0.4, 0.5) is 0 Å². The van der Waals surface area contributed by atoms with E-state index >= 15 is 0 Å². The van der Waals surface area contributed by atoms with E-state index < -0.39 is 0 Å². The van der Waals surface area contributed by atoms with E-state index in [4.69, 9.17) is 19.6 Å². The maximum Gasteiger partial charge on any atom is 0.309 e. The Morgan fingerprint density at radius 3 is 2.62 bits per heavy atom. The van der Waals surface area contributed by atoms with Gasteiger partial charge < -0.3 is 14.4 Å². The summed E-state index contributed by atoms with van der Waals surface area (Å²) in [5.74, 6) is 0.854. The van der Waals surface area contributed by atoms with Crippen LogP contribution in [-0.2, 0) is 14.3 Å². The van der Waals surface area contributed by atoms with Crippen LogP contribution in [0.1, 0.15) is 31.2 Å². The molecule has 8 nitrogen and oxygen atoms in total. The molecule has 3 heterocycles. The number of carbonyl (C=O) groups is 2. The molecule has 0 N–H and O–H groups in total. The van der Waals surface area contributed by atoms with Crippen molar-refractivity contribution in [1.82, 2.24) is 19.5 Å². The average Bonchev–Trinajstić information content (AvgIpc) is 3.17. The van der Waals surface area contributed by atoms with E-state index in [9.17, 15) is 9.59 Å². The maximum atomic E-state index is 12.9. The zero-order valence-electron chi connectivity index (χ0n) is 20.0. The number of aryl methyl sites for hydroxylation is 2. The summed E-state index contributed by atoms with van der Waals surface area (Å²) in [4.78, 5) is 31.5. The van der Waals surface area contributed by atoms with E-state index in [1.165, 1.54) is 11.8 Å². The Balaban J connectivity index is 1.51. The second kappa shape index (κ2) is 10.5. The minimum absolute atomic E-state index is 0.0590. The van der Waals surface area contributed by atoms with Crippen molar-refractivity contribution in [2.75, 3.05) is 32.6 Å². The predicted molar refractivity (Wildman–Crippen MR) is 131 cm³/mol. The Bertz CT molecular complexity index is 1200. The van der Waals surface area contributed by atoms with Gasteiger partial charge in [0.2, 0.25) is 5.91 Å². The molecule has 1 fully saturated rings. The summed E-state index contributed by atoms with van der Waals surface area (Å²) in [7, 11) is 1.65. The topological polar surface area (TPSA) is 86.0 Å². The normalized spacial score (nSPS) is 14.4. The largest absolute Gasteiger partial charge is 0.496 e. The Hall–Kier alpha value is -3.07. The second-order valence-corrected chi connectivity index (χ2v) is 9.32. The molecule has 4 rings (SSSR count). The van der Waals surface area contributed by atoms with Gasteiger partial charge in [-0.2, -0.15) is 5.10 Å². The minimum atomic E-state index is -0.154. The van der Waals surface area contributed by atoms with Crippen LogP contribution in [0, 0.1) is 19.8 Å². The van der Waals surface area contributed by atoms with Gasteiger partial charge >= 0.3 is 5.97 Å². The number of piperidine rings is 1. The molecule has 1 amide bonds. The van der Waals surface area contributed by atoms with Crippen molar-refractivity contribution in [3.05, 3.63) is 41.7 Å². The van der Waals surface area contributed by atoms with Gasteiger partial charge in [0, 0.05) is 24.3 Å². The van der Waals surface area contributed by atoms with Gasteiger partial charge in [0.1, 0.15) is 10.8 Å². The fourth-order valence-corrected chi connectivity index (χ4v) is 5.29. The van der Waals surface area contributed by atoms with Gasteiger partial charge in [-0.3, -0.25) is 9.59 Å². The molecule has 0 saturated carbocycles. The zero-order valence-corrected chi connectivity index (χ0v) is 20.9. The Morgan fingerprint density at radius 1 is 1.18 bits per heavy atom. The molecule has 0 spiro atoms. The van der Waals surface area contributed by atoms with Crippen molar-refractivity contribution in [3.63, 3.8) is 0 Å². The van der Waals surface area contributed by atoms with E-state index in [1.54, 1.807) is 7.11 Å². The number of para-hydroxylation sites is 1. The van der Waals surface area contributed by atoms with Crippen molar-refractivity contribution in [2.45, 2.75) is 38.6 Å². The molecule has 0 bridgehead atoms. The molecule has 1 saturated heterocycles. The van der Waals surface area contributed by atoms with E-state index in [2.05, 4.69) is 0 Å². The van der Waals surface area contributed by atoms with E-state index in [0.29, 0.717) is 38.3 Å². The van der Waals surface area contributed by atoms with Gasteiger partial charge in [-0.05, 0) is 45.7 Å². The third kappa shape index (κ3) is 4.89. The molecule has 9 heteroatoms. The first kappa shape index (κ1) is 24.1. The quantitative estimate of drug-likeness (QED) is 0.287. The number of ether oxygens (including phenoxy) is 2. The number of benzene rings is 1. The first-order valence-corrected chi connectivity index (χ1v) is 12.5. The van der Waals surface area contributed by atoms with Crippen molar-refractivity contribution >= 4 is 29.3 Å². The highest BCUT2D eigenvalue weighted by molar-refractivity contribution is 7.99. The van der Waals surface area contributed by atoms with Gasteiger partial charge in [-0.15, -0.1) is 0 Å². The molecule has 1 aliphatic heterocycles. The lowest BCUT2D eigenvalue weighted by Gasteiger charge is -2.30. The van der Waals surface area contributed by atoms with Gasteiger partial charge in [-0.1, -0.05) is 30.0 Å². The standard InChI is InChI=1S/C25H30N4O4S/c1-5-33-25(31)18-10-12-28(13-11-18)21(30)15-34-22-14-16(2)26-24-23(17(3)27-29(22)24)19-8-6-7-9-20(19)32-4/h6-9,14,18H,5,10-13,15H2,1-4H3. The predicted octanol–water partition coefficient (Wildman–Crippen LogP) is 3.92. The summed E-state index contributed by atoms with van der Waals surface area (Å²) < 4.78 is 12.5. The number of thioether (sulfide) groups is 1. The lowest BCUT2D eigenvalue weighted by molar-refractivity contribution is -0.151. The van der Waals surface area contributed by atoms with Crippen LogP contribution in [0.3, 0.4) is 0 Å². The Kier molecular flexibility index (Phi) is 7.41. The average molecular weight is 483 g/mol. The van der Waals surface area contributed by atoms with Crippen LogP contribution < -0.4 is 4.74 Å². The number of esters is 1. The van der Waals surface area contributed by atoms with Crippen LogP contribution in [0.5, 0.6) is 5.75 Å². The van der Waals surface area contributed by atoms with Crippen LogP contribution in [0.25, 0.3) is 16.8 Å².